The topological polar surface area (TPSA) is 53.6 Å². The first-order valence-electron chi connectivity index (χ1n) is 7.12. The molecule has 2 rings (SSSR count). The predicted molar refractivity (Wildman–Crippen MR) is 78.7 cm³/mol. The molecular weight excluding hydrogens is 254 g/mol. The third kappa shape index (κ3) is 3.71. The molecule has 5 heteroatoms. The number of likely N-dealkylation sites (N-methyl/N-ethyl adjacent to an activating group) is 1. The third-order valence-corrected chi connectivity index (χ3v) is 3.52. The molecule has 1 unspecified atom stereocenters. The van der Waals surface area contributed by atoms with Gasteiger partial charge in [-0.2, -0.15) is 0 Å². The van der Waals surface area contributed by atoms with Crippen LogP contribution in [0.2, 0.25) is 0 Å². The van der Waals surface area contributed by atoms with E-state index in [1.54, 1.807) is 7.05 Å². The minimum Gasteiger partial charge on any atom is -0.494 e. The summed E-state index contributed by atoms with van der Waals surface area (Å²) in [5.74, 6) is 0.961. The first-order valence-corrected chi connectivity index (χ1v) is 7.12. The second kappa shape index (κ2) is 7.26. The Morgan fingerprint density at radius 1 is 1.45 bits per heavy atom. The first-order chi connectivity index (χ1) is 9.74. The maximum atomic E-state index is 11.9. The van der Waals surface area contributed by atoms with Crippen molar-refractivity contribution in [1.29, 1.82) is 0 Å². The van der Waals surface area contributed by atoms with Crippen molar-refractivity contribution < 1.29 is 9.53 Å². The van der Waals surface area contributed by atoms with E-state index >= 15 is 0 Å². The lowest BCUT2D eigenvalue weighted by Gasteiger charge is -2.34. The predicted octanol–water partition coefficient (Wildman–Crippen LogP) is 0.605. The van der Waals surface area contributed by atoms with Crippen LogP contribution in [0.3, 0.4) is 0 Å². The number of hydrogen-bond donors (Lipinski definition) is 2. The van der Waals surface area contributed by atoms with E-state index in [2.05, 4.69) is 27.7 Å². The van der Waals surface area contributed by atoms with Crippen LogP contribution in [0.15, 0.2) is 24.3 Å². The van der Waals surface area contributed by atoms with E-state index in [1.807, 2.05) is 19.1 Å². The molecule has 0 bridgehead atoms. The van der Waals surface area contributed by atoms with E-state index < -0.39 is 0 Å². The summed E-state index contributed by atoms with van der Waals surface area (Å²) in [5.41, 5.74) is 1.20. The minimum atomic E-state index is -0.0969. The zero-order chi connectivity index (χ0) is 14.4. The SMILES string of the molecule is CCOc1ccc(CN2CCNCC2C(=O)NC)cc1. The van der Waals surface area contributed by atoms with Crippen molar-refractivity contribution in [3.63, 3.8) is 0 Å². The summed E-state index contributed by atoms with van der Waals surface area (Å²) in [5, 5.41) is 6.00. The number of benzene rings is 1. The first kappa shape index (κ1) is 14.8. The van der Waals surface area contributed by atoms with Crippen LogP contribution in [0.4, 0.5) is 0 Å². The molecule has 0 aliphatic carbocycles. The summed E-state index contributed by atoms with van der Waals surface area (Å²) >= 11 is 0. The summed E-state index contributed by atoms with van der Waals surface area (Å²) in [6, 6.07) is 7.99. The fourth-order valence-corrected chi connectivity index (χ4v) is 2.45. The molecule has 1 fully saturated rings. The number of rotatable bonds is 5. The largest absolute Gasteiger partial charge is 0.494 e. The number of piperazine rings is 1. The van der Waals surface area contributed by atoms with E-state index in [-0.39, 0.29) is 11.9 Å². The molecule has 1 heterocycles. The Morgan fingerprint density at radius 2 is 2.20 bits per heavy atom. The van der Waals surface area contributed by atoms with Crippen LogP contribution in [-0.2, 0) is 11.3 Å². The number of amides is 1. The van der Waals surface area contributed by atoms with E-state index in [9.17, 15) is 4.79 Å². The summed E-state index contributed by atoms with van der Waals surface area (Å²) < 4.78 is 5.44. The van der Waals surface area contributed by atoms with Crippen LogP contribution >= 0.6 is 0 Å². The molecule has 110 valence electrons. The van der Waals surface area contributed by atoms with Crippen LogP contribution in [0, 0.1) is 0 Å². The highest BCUT2D eigenvalue weighted by Crippen LogP contribution is 2.15. The fraction of sp³-hybridized carbons (Fsp3) is 0.533. The number of nitrogens with zero attached hydrogens (tertiary/aromatic N) is 1. The van der Waals surface area contributed by atoms with Gasteiger partial charge in [-0.1, -0.05) is 12.1 Å². The van der Waals surface area contributed by atoms with Crippen LogP contribution in [-0.4, -0.2) is 50.1 Å². The van der Waals surface area contributed by atoms with Gasteiger partial charge in [0.1, 0.15) is 11.8 Å². The van der Waals surface area contributed by atoms with E-state index in [0.717, 1.165) is 25.4 Å². The van der Waals surface area contributed by atoms with Gasteiger partial charge in [-0.25, -0.2) is 0 Å². The van der Waals surface area contributed by atoms with Crippen molar-refractivity contribution in [1.82, 2.24) is 15.5 Å². The van der Waals surface area contributed by atoms with Crippen LogP contribution in [0.1, 0.15) is 12.5 Å². The Morgan fingerprint density at radius 3 is 2.85 bits per heavy atom. The third-order valence-electron chi connectivity index (χ3n) is 3.52. The Labute approximate surface area is 120 Å². The molecule has 0 radical (unpaired) electrons. The molecular formula is C15H23N3O2. The highest BCUT2D eigenvalue weighted by molar-refractivity contribution is 5.81. The molecule has 1 atom stereocenters. The Kier molecular flexibility index (Phi) is 5.38. The van der Waals surface area contributed by atoms with Gasteiger partial charge in [-0.05, 0) is 24.6 Å². The Hall–Kier alpha value is -1.59. The van der Waals surface area contributed by atoms with Gasteiger partial charge >= 0.3 is 0 Å². The van der Waals surface area contributed by atoms with Gasteiger partial charge in [0.15, 0.2) is 0 Å². The Balaban J connectivity index is 2.00. The van der Waals surface area contributed by atoms with E-state index in [4.69, 9.17) is 4.74 Å². The second-order valence-electron chi connectivity index (χ2n) is 4.88. The maximum Gasteiger partial charge on any atom is 0.238 e. The van der Waals surface area contributed by atoms with Gasteiger partial charge in [0, 0.05) is 33.2 Å². The smallest absolute Gasteiger partial charge is 0.238 e. The highest BCUT2D eigenvalue weighted by Gasteiger charge is 2.27. The molecule has 0 spiro atoms. The van der Waals surface area contributed by atoms with E-state index in [0.29, 0.717) is 13.2 Å². The van der Waals surface area contributed by atoms with Crippen LogP contribution < -0.4 is 15.4 Å². The molecule has 1 aliphatic rings. The van der Waals surface area contributed by atoms with Crippen molar-refractivity contribution in [3.8, 4) is 5.75 Å². The van der Waals surface area contributed by atoms with Crippen molar-refractivity contribution in [2.45, 2.75) is 19.5 Å². The summed E-state index contributed by atoms with van der Waals surface area (Å²) in [4.78, 5) is 14.1. The summed E-state index contributed by atoms with van der Waals surface area (Å²) in [6.07, 6.45) is 0. The zero-order valence-electron chi connectivity index (χ0n) is 12.2. The van der Waals surface area contributed by atoms with Gasteiger partial charge < -0.3 is 15.4 Å². The molecule has 20 heavy (non-hydrogen) atoms. The monoisotopic (exact) mass is 277 g/mol. The lowest BCUT2D eigenvalue weighted by Crippen LogP contribution is -2.56. The zero-order valence-corrected chi connectivity index (χ0v) is 12.2. The standard InChI is InChI=1S/C15H23N3O2/c1-3-20-13-6-4-12(5-7-13)11-18-9-8-17-10-14(18)15(19)16-2/h4-7,14,17H,3,8-11H2,1-2H3,(H,16,19). The molecule has 5 nitrogen and oxygen atoms in total. The van der Waals surface area contributed by atoms with Gasteiger partial charge in [0.2, 0.25) is 5.91 Å². The van der Waals surface area contributed by atoms with Crippen molar-refractivity contribution in [3.05, 3.63) is 29.8 Å². The minimum absolute atomic E-state index is 0.0723. The normalized spacial score (nSPS) is 19.6. The molecule has 1 aromatic carbocycles. The lowest BCUT2D eigenvalue weighted by molar-refractivity contribution is -0.126. The molecule has 0 saturated carbocycles. The van der Waals surface area contributed by atoms with Crippen LogP contribution in [0.5, 0.6) is 5.75 Å². The fourth-order valence-electron chi connectivity index (χ4n) is 2.45. The molecule has 0 aromatic heterocycles. The van der Waals surface area contributed by atoms with Gasteiger partial charge in [-0.3, -0.25) is 9.69 Å². The lowest BCUT2D eigenvalue weighted by atomic mass is 10.1. The molecule has 1 saturated heterocycles. The Bertz CT molecular complexity index is 433. The molecule has 1 aliphatic heterocycles. The number of carbonyl (C=O) groups excluding carboxylic acids is 1. The summed E-state index contributed by atoms with van der Waals surface area (Å²) in [6.45, 7) is 5.94. The van der Waals surface area contributed by atoms with Gasteiger partial charge in [0.25, 0.3) is 0 Å². The quantitative estimate of drug-likeness (QED) is 0.828. The molecule has 1 aromatic rings. The number of hydrogen-bond acceptors (Lipinski definition) is 4. The van der Waals surface area contributed by atoms with Crippen molar-refractivity contribution in [2.24, 2.45) is 0 Å². The maximum absolute atomic E-state index is 11.9. The van der Waals surface area contributed by atoms with Gasteiger partial charge in [-0.15, -0.1) is 0 Å². The second-order valence-corrected chi connectivity index (χ2v) is 4.88. The number of ether oxygens (including phenoxy) is 1. The molecule has 1 amide bonds. The summed E-state index contributed by atoms with van der Waals surface area (Å²) in [7, 11) is 1.69. The van der Waals surface area contributed by atoms with E-state index in [1.165, 1.54) is 5.56 Å². The van der Waals surface area contributed by atoms with Crippen LogP contribution in [0.25, 0.3) is 0 Å². The van der Waals surface area contributed by atoms with Crippen molar-refractivity contribution >= 4 is 5.91 Å². The average molecular weight is 277 g/mol. The highest BCUT2D eigenvalue weighted by atomic mass is 16.5. The molecule has 2 N–H and O–H groups in total. The number of nitrogens with one attached hydrogen (secondary N) is 2. The van der Waals surface area contributed by atoms with Crippen molar-refractivity contribution in [2.75, 3.05) is 33.3 Å². The number of carbonyl (C=O) groups is 1. The average Bonchev–Trinajstić information content (AvgIpc) is 2.49. The van der Waals surface area contributed by atoms with Gasteiger partial charge in [0.05, 0.1) is 6.61 Å².